The van der Waals surface area contributed by atoms with Gasteiger partial charge in [-0.2, -0.15) is 0 Å². The zero-order valence-corrected chi connectivity index (χ0v) is 9.73. The van der Waals surface area contributed by atoms with Gasteiger partial charge >= 0.3 is 11.8 Å². The van der Waals surface area contributed by atoms with E-state index in [-0.39, 0.29) is 6.42 Å². The van der Waals surface area contributed by atoms with Gasteiger partial charge in [-0.15, -0.1) is 0 Å². The van der Waals surface area contributed by atoms with Crippen LogP contribution in [0.15, 0.2) is 24.3 Å². The number of methoxy groups -OCH3 is 1. The first-order valence-corrected chi connectivity index (χ1v) is 5.04. The molecule has 7 heteroatoms. The standard InChI is InChI=1S/C11H13N3O4/c1-18-8-4-2-7(3-5-8)6-9(15)13-14-11(17)10(12)16/h2-5H,6H2,1H3,(H2,12,16)(H,13,15)(H,14,17). The molecule has 1 rings (SSSR count). The van der Waals surface area contributed by atoms with Gasteiger partial charge in [0.05, 0.1) is 13.5 Å². The minimum absolute atomic E-state index is 0.0586. The van der Waals surface area contributed by atoms with E-state index in [2.05, 4.69) is 5.43 Å². The van der Waals surface area contributed by atoms with Crippen LogP contribution in [0.1, 0.15) is 5.56 Å². The summed E-state index contributed by atoms with van der Waals surface area (Å²) in [6.07, 6.45) is 0.0586. The van der Waals surface area contributed by atoms with Gasteiger partial charge in [0.1, 0.15) is 5.75 Å². The third-order valence-corrected chi connectivity index (χ3v) is 2.06. The molecule has 0 saturated carbocycles. The van der Waals surface area contributed by atoms with Crippen molar-refractivity contribution in [2.45, 2.75) is 6.42 Å². The molecule has 1 aromatic carbocycles. The van der Waals surface area contributed by atoms with Crippen LogP contribution in [0.3, 0.4) is 0 Å². The van der Waals surface area contributed by atoms with Crippen molar-refractivity contribution < 1.29 is 19.1 Å². The van der Waals surface area contributed by atoms with E-state index in [4.69, 9.17) is 10.5 Å². The van der Waals surface area contributed by atoms with Gasteiger partial charge in [0.25, 0.3) is 0 Å². The molecule has 3 amide bonds. The predicted molar refractivity (Wildman–Crippen MR) is 62.2 cm³/mol. The highest BCUT2D eigenvalue weighted by atomic mass is 16.5. The lowest BCUT2D eigenvalue weighted by atomic mass is 10.1. The zero-order chi connectivity index (χ0) is 13.5. The first-order chi connectivity index (χ1) is 8.52. The van der Waals surface area contributed by atoms with Crippen molar-refractivity contribution in [3.8, 4) is 5.75 Å². The van der Waals surface area contributed by atoms with Crippen molar-refractivity contribution in [3.63, 3.8) is 0 Å². The second-order valence-corrected chi connectivity index (χ2v) is 3.39. The maximum atomic E-state index is 11.4. The molecule has 18 heavy (non-hydrogen) atoms. The number of carbonyl (C=O) groups excluding carboxylic acids is 3. The molecule has 0 heterocycles. The van der Waals surface area contributed by atoms with Crippen LogP contribution < -0.4 is 21.3 Å². The summed E-state index contributed by atoms with van der Waals surface area (Å²) < 4.78 is 4.97. The first kappa shape index (κ1) is 13.5. The second kappa shape index (κ2) is 6.24. The minimum Gasteiger partial charge on any atom is -0.497 e. The second-order valence-electron chi connectivity index (χ2n) is 3.39. The summed E-state index contributed by atoms with van der Waals surface area (Å²) in [5.74, 6) is -2.02. The van der Waals surface area contributed by atoms with Crippen molar-refractivity contribution in [1.82, 2.24) is 10.9 Å². The molecule has 7 nitrogen and oxygen atoms in total. The van der Waals surface area contributed by atoms with Crippen LogP contribution in [0.5, 0.6) is 5.75 Å². The fourth-order valence-electron chi connectivity index (χ4n) is 1.16. The third-order valence-electron chi connectivity index (χ3n) is 2.06. The fraction of sp³-hybridized carbons (Fsp3) is 0.182. The average Bonchev–Trinajstić information content (AvgIpc) is 2.36. The van der Waals surface area contributed by atoms with Crippen LogP contribution in [0, 0.1) is 0 Å². The quantitative estimate of drug-likeness (QED) is 0.466. The Hall–Kier alpha value is -2.57. The molecule has 0 radical (unpaired) electrons. The number of benzene rings is 1. The molecular formula is C11H13N3O4. The van der Waals surface area contributed by atoms with Crippen molar-refractivity contribution in [2.24, 2.45) is 5.73 Å². The van der Waals surface area contributed by atoms with Gasteiger partial charge < -0.3 is 10.5 Å². The Balaban J connectivity index is 2.44. The lowest BCUT2D eigenvalue weighted by molar-refractivity contribution is -0.139. The maximum absolute atomic E-state index is 11.4. The summed E-state index contributed by atoms with van der Waals surface area (Å²) in [6.45, 7) is 0. The normalized spacial score (nSPS) is 9.39. The molecule has 96 valence electrons. The molecule has 1 aromatic rings. The summed E-state index contributed by atoms with van der Waals surface area (Å²) in [5, 5.41) is 0. The smallest absolute Gasteiger partial charge is 0.327 e. The lowest BCUT2D eigenvalue weighted by Gasteiger charge is -2.06. The van der Waals surface area contributed by atoms with E-state index >= 15 is 0 Å². The van der Waals surface area contributed by atoms with Crippen LogP contribution in [0.25, 0.3) is 0 Å². The van der Waals surface area contributed by atoms with Gasteiger partial charge in [-0.05, 0) is 17.7 Å². The Kier molecular flexibility index (Phi) is 4.67. The van der Waals surface area contributed by atoms with Crippen molar-refractivity contribution >= 4 is 17.7 Å². The van der Waals surface area contributed by atoms with Crippen molar-refractivity contribution in [1.29, 1.82) is 0 Å². The number of ether oxygens (including phenoxy) is 1. The van der Waals surface area contributed by atoms with E-state index < -0.39 is 17.7 Å². The van der Waals surface area contributed by atoms with Gasteiger partial charge in [-0.3, -0.25) is 25.2 Å². The van der Waals surface area contributed by atoms with E-state index in [1.165, 1.54) is 0 Å². The maximum Gasteiger partial charge on any atom is 0.327 e. The monoisotopic (exact) mass is 251 g/mol. The van der Waals surface area contributed by atoms with Crippen LogP contribution in [-0.4, -0.2) is 24.8 Å². The molecule has 0 bridgehead atoms. The Labute approximate surface area is 103 Å². The topological polar surface area (TPSA) is 111 Å². The highest BCUT2D eigenvalue weighted by Gasteiger charge is 2.09. The lowest BCUT2D eigenvalue weighted by Crippen LogP contribution is -2.47. The largest absolute Gasteiger partial charge is 0.497 e. The summed E-state index contributed by atoms with van der Waals surface area (Å²) in [5.41, 5.74) is 9.39. The molecule has 0 aromatic heterocycles. The highest BCUT2D eigenvalue weighted by Crippen LogP contribution is 2.11. The van der Waals surface area contributed by atoms with Gasteiger partial charge in [-0.25, -0.2) is 0 Å². The molecule has 0 aliphatic rings. The SMILES string of the molecule is COc1ccc(CC(=O)NNC(=O)C(N)=O)cc1. The number of nitrogens with one attached hydrogen (secondary N) is 2. The van der Waals surface area contributed by atoms with Crippen molar-refractivity contribution in [2.75, 3.05) is 7.11 Å². The minimum atomic E-state index is -1.17. The molecule has 4 N–H and O–H groups in total. The number of hydrazine groups is 1. The van der Waals surface area contributed by atoms with Gasteiger partial charge in [-0.1, -0.05) is 12.1 Å². The van der Waals surface area contributed by atoms with E-state index in [0.29, 0.717) is 5.75 Å². The Morgan fingerprint density at radius 2 is 1.78 bits per heavy atom. The number of hydrogen-bond donors (Lipinski definition) is 3. The summed E-state index contributed by atoms with van der Waals surface area (Å²) in [7, 11) is 1.54. The third kappa shape index (κ3) is 4.12. The molecular weight excluding hydrogens is 238 g/mol. The summed E-state index contributed by atoms with van der Waals surface area (Å²) in [4.78, 5) is 32.5. The highest BCUT2D eigenvalue weighted by molar-refractivity contribution is 6.34. The van der Waals surface area contributed by atoms with E-state index in [1.807, 2.05) is 5.43 Å². The number of hydrogen-bond acceptors (Lipinski definition) is 4. The average molecular weight is 251 g/mol. The molecule has 0 unspecified atom stereocenters. The molecule has 0 aliphatic heterocycles. The van der Waals surface area contributed by atoms with E-state index in [0.717, 1.165) is 5.56 Å². The van der Waals surface area contributed by atoms with Crippen molar-refractivity contribution in [3.05, 3.63) is 29.8 Å². The Bertz CT molecular complexity index is 456. The van der Waals surface area contributed by atoms with Crippen LogP contribution >= 0.6 is 0 Å². The van der Waals surface area contributed by atoms with Crippen LogP contribution in [0.4, 0.5) is 0 Å². The predicted octanol–water partition coefficient (Wildman–Crippen LogP) is -1.13. The first-order valence-electron chi connectivity index (χ1n) is 5.04. The number of amides is 3. The van der Waals surface area contributed by atoms with Crippen LogP contribution in [-0.2, 0) is 20.8 Å². The number of rotatable bonds is 3. The summed E-state index contributed by atoms with van der Waals surface area (Å²) >= 11 is 0. The molecule has 0 aliphatic carbocycles. The molecule has 0 spiro atoms. The van der Waals surface area contributed by atoms with Crippen LogP contribution in [0.2, 0.25) is 0 Å². The molecule has 0 fully saturated rings. The molecule has 0 saturated heterocycles. The molecule has 0 atom stereocenters. The number of primary amides is 1. The number of nitrogens with two attached hydrogens (primary N) is 1. The van der Waals surface area contributed by atoms with E-state index in [9.17, 15) is 14.4 Å². The zero-order valence-electron chi connectivity index (χ0n) is 9.73. The Morgan fingerprint density at radius 1 is 1.17 bits per heavy atom. The summed E-state index contributed by atoms with van der Waals surface area (Å²) in [6, 6.07) is 6.86. The Morgan fingerprint density at radius 3 is 2.28 bits per heavy atom. The van der Waals surface area contributed by atoms with Gasteiger partial charge in [0, 0.05) is 0 Å². The fourth-order valence-corrected chi connectivity index (χ4v) is 1.16. The van der Waals surface area contributed by atoms with Gasteiger partial charge in [0.15, 0.2) is 0 Å². The van der Waals surface area contributed by atoms with E-state index in [1.54, 1.807) is 31.4 Å². The number of carbonyl (C=O) groups is 3. The van der Waals surface area contributed by atoms with Gasteiger partial charge in [0.2, 0.25) is 5.91 Å².